The van der Waals surface area contributed by atoms with Crippen LogP contribution in [0, 0.1) is 0 Å². The fraction of sp³-hybridized carbons (Fsp3) is 0.273. The zero-order valence-corrected chi connectivity index (χ0v) is 9.71. The quantitative estimate of drug-likeness (QED) is 0.850. The molecule has 0 spiro atoms. The van der Waals surface area contributed by atoms with Gasteiger partial charge in [-0.3, -0.25) is 0 Å². The fourth-order valence-electron chi connectivity index (χ4n) is 1.36. The Morgan fingerprint density at radius 3 is 2.65 bits per heavy atom. The van der Waals surface area contributed by atoms with Gasteiger partial charge in [-0.25, -0.2) is 9.97 Å². The standard InChI is InChI=1S/C11H13N5O/c1-3-7-6-9(12)14-11(13-7)8-4-5-10(17-2)16-15-8/h4-6H,3H2,1-2H3,(H2,12,13,14). The predicted molar refractivity (Wildman–Crippen MR) is 63.4 cm³/mol. The SMILES string of the molecule is CCc1cc(N)nc(-c2ccc(OC)nn2)n1. The van der Waals surface area contributed by atoms with E-state index in [-0.39, 0.29) is 0 Å². The molecule has 2 heterocycles. The Morgan fingerprint density at radius 1 is 1.24 bits per heavy atom. The van der Waals surface area contributed by atoms with Gasteiger partial charge in [0.2, 0.25) is 5.88 Å². The van der Waals surface area contributed by atoms with Gasteiger partial charge in [0.05, 0.1) is 7.11 Å². The first-order chi connectivity index (χ1) is 8.22. The summed E-state index contributed by atoms with van der Waals surface area (Å²) < 4.78 is 4.93. The summed E-state index contributed by atoms with van der Waals surface area (Å²) in [6, 6.07) is 5.21. The molecule has 0 aliphatic heterocycles. The van der Waals surface area contributed by atoms with Crippen LogP contribution in [0.25, 0.3) is 11.5 Å². The van der Waals surface area contributed by atoms with Crippen molar-refractivity contribution in [3.63, 3.8) is 0 Å². The van der Waals surface area contributed by atoms with Crippen LogP contribution in [-0.4, -0.2) is 27.3 Å². The normalized spacial score (nSPS) is 10.2. The van der Waals surface area contributed by atoms with Gasteiger partial charge >= 0.3 is 0 Å². The number of hydrogen-bond acceptors (Lipinski definition) is 6. The van der Waals surface area contributed by atoms with E-state index in [0.29, 0.717) is 23.2 Å². The number of nitrogens with two attached hydrogens (primary N) is 1. The molecule has 2 N–H and O–H groups in total. The Morgan fingerprint density at radius 2 is 2.06 bits per heavy atom. The summed E-state index contributed by atoms with van der Waals surface area (Å²) in [5.74, 6) is 1.37. The van der Waals surface area contributed by atoms with Crippen LogP contribution in [0.1, 0.15) is 12.6 Å². The highest BCUT2D eigenvalue weighted by Crippen LogP contribution is 2.15. The number of nitrogens with zero attached hydrogens (tertiary/aromatic N) is 4. The highest BCUT2D eigenvalue weighted by atomic mass is 16.5. The van der Waals surface area contributed by atoms with Crippen LogP contribution in [0.3, 0.4) is 0 Å². The van der Waals surface area contributed by atoms with E-state index < -0.39 is 0 Å². The lowest BCUT2D eigenvalue weighted by atomic mass is 10.3. The van der Waals surface area contributed by atoms with E-state index in [0.717, 1.165) is 12.1 Å². The average molecular weight is 231 g/mol. The first-order valence-electron chi connectivity index (χ1n) is 5.24. The number of nitrogen functional groups attached to an aromatic ring is 1. The molecule has 2 rings (SSSR count). The molecule has 0 unspecified atom stereocenters. The van der Waals surface area contributed by atoms with Crippen molar-refractivity contribution in [1.82, 2.24) is 20.2 Å². The van der Waals surface area contributed by atoms with Crippen molar-refractivity contribution in [2.24, 2.45) is 0 Å². The summed E-state index contributed by atoms with van der Waals surface area (Å²) >= 11 is 0. The summed E-state index contributed by atoms with van der Waals surface area (Å²) in [5.41, 5.74) is 7.16. The van der Waals surface area contributed by atoms with Crippen LogP contribution in [0.15, 0.2) is 18.2 Å². The molecule has 0 fully saturated rings. The maximum absolute atomic E-state index is 5.70. The van der Waals surface area contributed by atoms with Gasteiger partial charge in [-0.05, 0) is 12.5 Å². The third-order valence-corrected chi connectivity index (χ3v) is 2.24. The molecule has 6 heteroatoms. The van der Waals surface area contributed by atoms with Gasteiger partial charge in [0.1, 0.15) is 11.5 Å². The zero-order valence-electron chi connectivity index (χ0n) is 9.71. The Kier molecular flexibility index (Phi) is 3.13. The lowest BCUT2D eigenvalue weighted by molar-refractivity contribution is 0.392. The van der Waals surface area contributed by atoms with Gasteiger partial charge in [-0.1, -0.05) is 6.92 Å². The average Bonchev–Trinajstić information content (AvgIpc) is 2.38. The van der Waals surface area contributed by atoms with Gasteiger partial charge in [-0.15, -0.1) is 10.2 Å². The maximum atomic E-state index is 5.70. The molecular formula is C11H13N5O. The van der Waals surface area contributed by atoms with Gasteiger partial charge in [-0.2, -0.15) is 0 Å². The van der Waals surface area contributed by atoms with Crippen molar-refractivity contribution in [3.8, 4) is 17.4 Å². The van der Waals surface area contributed by atoms with Crippen LogP contribution < -0.4 is 10.5 Å². The summed E-state index contributed by atoms with van der Waals surface area (Å²) in [4.78, 5) is 8.47. The molecule has 6 nitrogen and oxygen atoms in total. The molecule has 2 aromatic heterocycles. The van der Waals surface area contributed by atoms with Crippen molar-refractivity contribution < 1.29 is 4.74 Å². The Balaban J connectivity index is 2.41. The minimum atomic E-state index is 0.435. The molecule has 2 aromatic rings. The number of hydrogen-bond donors (Lipinski definition) is 1. The van der Waals surface area contributed by atoms with E-state index in [1.165, 1.54) is 7.11 Å². The predicted octanol–water partition coefficient (Wildman–Crippen LogP) is 1.09. The third kappa shape index (κ3) is 2.47. The van der Waals surface area contributed by atoms with Crippen LogP contribution in [0.5, 0.6) is 5.88 Å². The van der Waals surface area contributed by atoms with Crippen molar-refractivity contribution in [3.05, 3.63) is 23.9 Å². The van der Waals surface area contributed by atoms with Gasteiger partial charge < -0.3 is 10.5 Å². The highest BCUT2D eigenvalue weighted by molar-refractivity contribution is 5.51. The summed E-state index contributed by atoms with van der Waals surface area (Å²) in [6.45, 7) is 2.01. The lowest BCUT2D eigenvalue weighted by Crippen LogP contribution is -2.01. The van der Waals surface area contributed by atoms with Gasteiger partial charge in [0, 0.05) is 17.8 Å². The molecule has 0 amide bonds. The number of methoxy groups -OCH3 is 1. The molecule has 0 saturated carbocycles. The Hall–Kier alpha value is -2.24. The summed E-state index contributed by atoms with van der Waals surface area (Å²) in [5, 5.41) is 7.85. The van der Waals surface area contributed by atoms with Crippen molar-refractivity contribution in [1.29, 1.82) is 0 Å². The minimum Gasteiger partial charge on any atom is -0.480 e. The third-order valence-electron chi connectivity index (χ3n) is 2.24. The fourth-order valence-corrected chi connectivity index (χ4v) is 1.36. The molecule has 0 radical (unpaired) electrons. The molecule has 17 heavy (non-hydrogen) atoms. The van der Waals surface area contributed by atoms with Crippen molar-refractivity contribution in [2.75, 3.05) is 12.8 Å². The largest absolute Gasteiger partial charge is 0.480 e. The van der Waals surface area contributed by atoms with E-state index in [1.54, 1.807) is 18.2 Å². The summed E-state index contributed by atoms with van der Waals surface area (Å²) in [6.07, 6.45) is 0.795. The monoisotopic (exact) mass is 231 g/mol. The van der Waals surface area contributed by atoms with Crippen LogP contribution in [0.2, 0.25) is 0 Å². The van der Waals surface area contributed by atoms with E-state index in [4.69, 9.17) is 10.5 Å². The topological polar surface area (TPSA) is 86.8 Å². The van der Waals surface area contributed by atoms with Gasteiger partial charge in [0.25, 0.3) is 0 Å². The first-order valence-corrected chi connectivity index (χ1v) is 5.24. The van der Waals surface area contributed by atoms with E-state index >= 15 is 0 Å². The number of anilines is 1. The smallest absolute Gasteiger partial charge is 0.233 e. The minimum absolute atomic E-state index is 0.435. The van der Waals surface area contributed by atoms with Crippen LogP contribution >= 0.6 is 0 Å². The van der Waals surface area contributed by atoms with Crippen molar-refractivity contribution >= 4 is 5.82 Å². The number of aromatic nitrogens is 4. The van der Waals surface area contributed by atoms with E-state index in [9.17, 15) is 0 Å². The molecule has 0 atom stereocenters. The molecule has 0 aliphatic rings. The van der Waals surface area contributed by atoms with Crippen LogP contribution in [-0.2, 0) is 6.42 Å². The second kappa shape index (κ2) is 4.73. The Bertz CT molecular complexity index is 512. The molecular weight excluding hydrogens is 218 g/mol. The van der Waals surface area contributed by atoms with Crippen molar-refractivity contribution in [2.45, 2.75) is 13.3 Å². The maximum Gasteiger partial charge on any atom is 0.233 e. The Labute approximate surface area is 98.9 Å². The van der Waals surface area contributed by atoms with E-state index in [1.807, 2.05) is 6.92 Å². The number of ether oxygens (including phenoxy) is 1. The van der Waals surface area contributed by atoms with Crippen LogP contribution in [0.4, 0.5) is 5.82 Å². The molecule has 0 saturated heterocycles. The van der Waals surface area contributed by atoms with E-state index in [2.05, 4.69) is 20.2 Å². The molecule has 88 valence electrons. The second-order valence-corrected chi connectivity index (χ2v) is 3.42. The second-order valence-electron chi connectivity index (χ2n) is 3.42. The molecule has 0 aromatic carbocycles. The number of aryl methyl sites for hydroxylation is 1. The van der Waals surface area contributed by atoms with Gasteiger partial charge in [0.15, 0.2) is 5.82 Å². The summed E-state index contributed by atoms with van der Waals surface area (Å²) in [7, 11) is 1.54. The molecule has 0 aliphatic carbocycles. The number of rotatable bonds is 3. The first kappa shape index (κ1) is 11.3. The zero-order chi connectivity index (χ0) is 12.3. The molecule has 0 bridgehead atoms. The highest BCUT2D eigenvalue weighted by Gasteiger charge is 2.07. The lowest BCUT2D eigenvalue weighted by Gasteiger charge is -2.03.